The Morgan fingerprint density at radius 1 is 1.30 bits per heavy atom. The van der Waals surface area contributed by atoms with Crippen LogP contribution in [-0.4, -0.2) is 22.6 Å². The lowest BCUT2D eigenvalue weighted by Crippen LogP contribution is -2.44. The first-order chi connectivity index (χ1) is 11.1. The van der Waals surface area contributed by atoms with Gasteiger partial charge in [0.2, 0.25) is 5.91 Å². The molecule has 120 valence electrons. The first-order valence-electron chi connectivity index (χ1n) is 7.80. The Kier molecular flexibility index (Phi) is 3.19. The number of halogens is 1. The standard InChI is InChI=1S/C16H17FN4O2/c17-12-5-4-10(21-8-1-3-13(21)22)9-11(12)14-19-15(20-23-14)16(18)6-2-7-16/h4-5,9H,1-3,6-8,18H2. The molecule has 1 aromatic heterocycles. The van der Waals surface area contributed by atoms with Gasteiger partial charge in [0.15, 0.2) is 5.82 Å². The van der Waals surface area contributed by atoms with Crippen molar-refractivity contribution in [3.8, 4) is 11.5 Å². The highest BCUT2D eigenvalue weighted by Crippen LogP contribution is 2.38. The molecule has 7 heteroatoms. The summed E-state index contributed by atoms with van der Waals surface area (Å²) in [6, 6.07) is 4.50. The van der Waals surface area contributed by atoms with Crippen LogP contribution in [0.1, 0.15) is 37.9 Å². The van der Waals surface area contributed by atoms with Crippen LogP contribution in [0.2, 0.25) is 0 Å². The van der Waals surface area contributed by atoms with E-state index in [1.165, 1.54) is 6.07 Å². The summed E-state index contributed by atoms with van der Waals surface area (Å²) in [6.07, 6.45) is 3.97. The predicted molar refractivity (Wildman–Crippen MR) is 81.0 cm³/mol. The molecule has 1 aliphatic carbocycles. The van der Waals surface area contributed by atoms with Gasteiger partial charge in [-0.3, -0.25) is 4.79 Å². The lowest BCUT2D eigenvalue weighted by molar-refractivity contribution is -0.117. The molecule has 0 bridgehead atoms. The molecule has 2 fully saturated rings. The van der Waals surface area contributed by atoms with Crippen molar-refractivity contribution in [2.45, 2.75) is 37.6 Å². The molecule has 1 saturated heterocycles. The van der Waals surface area contributed by atoms with Gasteiger partial charge in [-0.05, 0) is 43.9 Å². The van der Waals surface area contributed by atoms with Gasteiger partial charge in [0, 0.05) is 18.7 Å². The largest absolute Gasteiger partial charge is 0.334 e. The molecule has 2 aliphatic rings. The van der Waals surface area contributed by atoms with Crippen LogP contribution in [0.15, 0.2) is 22.7 Å². The van der Waals surface area contributed by atoms with E-state index in [-0.39, 0.29) is 17.4 Å². The maximum absolute atomic E-state index is 14.2. The number of anilines is 1. The number of benzene rings is 1. The molecule has 6 nitrogen and oxygen atoms in total. The molecular formula is C16H17FN4O2. The minimum absolute atomic E-state index is 0.0455. The lowest BCUT2D eigenvalue weighted by Gasteiger charge is -2.34. The fourth-order valence-electron chi connectivity index (χ4n) is 3.08. The van der Waals surface area contributed by atoms with Crippen LogP contribution in [0, 0.1) is 5.82 Å². The van der Waals surface area contributed by atoms with Gasteiger partial charge >= 0.3 is 0 Å². The summed E-state index contributed by atoms with van der Waals surface area (Å²) < 4.78 is 19.4. The topological polar surface area (TPSA) is 85.2 Å². The van der Waals surface area contributed by atoms with E-state index in [1.54, 1.807) is 17.0 Å². The van der Waals surface area contributed by atoms with Crippen molar-refractivity contribution in [3.05, 3.63) is 29.8 Å². The molecule has 0 unspecified atom stereocenters. The Labute approximate surface area is 132 Å². The van der Waals surface area contributed by atoms with Gasteiger partial charge in [-0.2, -0.15) is 4.98 Å². The molecule has 2 aromatic rings. The zero-order chi connectivity index (χ0) is 16.0. The third-order valence-electron chi connectivity index (χ3n) is 4.68. The number of rotatable bonds is 3. The minimum atomic E-state index is -0.555. The summed E-state index contributed by atoms with van der Waals surface area (Å²) in [6.45, 7) is 0.644. The van der Waals surface area contributed by atoms with Crippen LogP contribution >= 0.6 is 0 Å². The van der Waals surface area contributed by atoms with Crippen molar-refractivity contribution in [2.24, 2.45) is 5.73 Å². The van der Waals surface area contributed by atoms with E-state index < -0.39 is 11.4 Å². The average molecular weight is 316 g/mol. The number of amides is 1. The molecule has 1 amide bonds. The summed E-state index contributed by atoms with van der Waals surface area (Å²) in [7, 11) is 0. The van der Waals surface area contributed by atoms with Crippen LogP contribution in [0.5, 0.6) is 0 Å². The number of hydrogen-bond donors (Lipinski definition) is 1. The van der Waals surface area contributed by atoms with Gasteiger partial charge in [0.25, 0.3) is 5.89 Å². The fourth-order valence-corrected chi connectivity index (χ4v) is 3.08. The maximum Gasteiger partial charge on any atom is 0.261 e. The Morgan fingerprint density at radius 2 is 2.13 bits per heavy atom. The predicted octanol–water partition coefficient (Wildman–Crippen LogP) is 2.34. The van der Waals surface area contributed by atoms with Crippen molar-refractivity contribution in [1.82, 2.24) is 10.1 Å². The van der Waals surface area contributed by atoms with E-state index in [0.717, 1.165) is 25.7 Å². The minimum Gasteiger partial charge on any atom is -0.334 e. The van der Waals surface area contributed by atoms with E-state index in [1.807, 2.05) is 0 Å². The molecule has 4 rings (SSSR count). The number of aromatic nitrogens is 2. The lowest BCUT2D eigenvalue weighted by atomic mass is 9.77. The third kappa shape index (κ3) is 2.31. The van der Waals surface area contributed by atoms with Crippen LogP contribution in [0.4, 0.5) is 10.1 Å². The molecule has 23 heavy (non-hydrogen) atoms. The van der Waals surface area contributed by atoms with E-state index in [4.69, 9.17) is 10.3 Å². The smallest absolute Gasteiger partial charge is 0.261 e. The van der Waals surface area contributed by atoms with Gasteiger partial charge in [-0.15, -0.1) is 0 Å². The molecule has 1 aliphatic heterocycles. The normalized spacial score (nSPS) is 19.9. The molecular weight excluding hydrogens is 299 g/mol. The highest BCUT2D eigenvalue weighted by molar-refractivity contribution is 5.95. The van der Waals surface area contributed by atoms with Crippen molar-refractivity contribution in [1.29, 1.82) is 0 Å². The number of nitrogens with zero attached hydrogens (tertiary/aromatic N) is 3. The van der Waals surface area contributed by atoms with E-state index >= 15 is 0 Å². The second-order valence-corrected chi connectivity index (χ2v) is 6.25. The van der Waals surface area contributed by atoms with Gasteiger partial charge in [-0.25, -0.2) is 4.39 Å². The highest BCUT2D eigenvalue weighted by atomic mass is 19.1. The van der Waals surface area contributed by atoms with Crippen LogP contribution in [0.3, 0.4) is 0 Å². The van der Waals surface area contributed by atoms with E-state index in [9.17, 15) is 9.18 Å². The van der Waals surface area contributed by atoms with Gasteiger partial charge < -0.3 is 15.2 Å². The highest BCUT2D eigenvalue weighted by Gasteiger charge is 2.39. The van der Waals surface area contributed by atoms with Crippen molar-refractivity contribution in [3.63, 3.8) is 0 Å². The van der Waals surface area contributed by atoms with Crippen LogP contribution in [0.25, 0.3) is 11.5 Å². The average Bonchev–Trinajstić information content (AvgIpc) is 3.15. The van der Waals surface area contributed by atoms with E-state index in [0.29, 0.717) is 24.5 Å². The van der Waals surface area contributed by atoms with Gasteiger partial charge in [-0.1, -0.05) is 5.16 Å². The van der Waals surface area contributed by atoms with Crippen LogP contribution in [-0.2, 0) is 10.3 Å². The quantitative estimate of drug-likeness (QED) is 0.939. The third-order valence-corrected chi connectivity index (χ3v) is 4.68. The molecule has 0 atom stereocenters. The molecule has 1 aromatic carbocycles. The number of carbonyl (C=O) groups excluding carboxylic acids is 1. The first kappa shape index (κ1) is 14.3. The number of nitrogens with two attached hydrogens (primary N) is 1. The zero-order valence-corrected chi connectivity index (χ0v) is 12.6. The fraction of sp³-hybridized carbons (Fsp3) is 0.438. The van der Waals surface area contributed by atoms with E-state index in [2.05, 4.69) is 10.1 Å². The Hall–Kier alpha value is -2.28. The molecule has 1 saturated carbocycles. The van der Waals surface area contributed by atoms with Gasteiger partial charge in [0.05, 0.1) is 11.1 Å². The molecule has 0 radical (unpaired) electrons. The van der Waals surface area contributed by atoms with Crippen molar-refractivity contribution < 1.29 is 13.7 Å². The summed E-state index contributed by atoms with van der Waals surface area (Å²) in [4.78, 5) is 17.8. The molecule has 0 spiro atoms. The van der Waals surface area contributed by atoms with Crippen molar-refractivity contribution >= 4 is 11.6 Å². The zero-order valence-electron chi connectivity index (χ0n) is 12.6. The summed E-state index contributed by atoms with van der Waals surface area (Å²) >= 11 is 0. The second kappa shape index (κ2) is 5.13. The van der Waals surface area contributed by atoms with Crippen molar-refractivity contribution in [2.75, 3.05) is 11.4 Å². The SMILES string of the molecule is NC1(c2noc(-c3cc(N4CCCC4=O)ccc3F)n2)CCC1. The Balaban J connectivity index is 1.69. The van der Waals surface area contributed by atoms with Crippen LogP contribution < -0.4 is 10.6 Å². The molecule has 2 N–H and O–H groups in total. The Bertz CT molecular complexity index is 769. The maximum atomic E-state index is 14.2. The summed E-state index contributed by atoms with van der Waals surface area (Å²) in [5.41, 5.74) is 6.46. The van der Waals surface area contributed by atoms with Gasteiger partial charge in [0.1, 0.15) is 5.82 Å². The summed E-state index contributed by atoms with van der Waals surface area (Å²) in [5.74, 6) is 0.1000. The monoisotopic (exact) mass is 316 g/mol. The number of carbonyl (C=O) groups is 1. The summed E-state index contributed by atoms with van der Waals surface area (Å²) in [5, 5.41) is 3.91. The second-order valence-electron chi connectivity index (χ2n) is 6.25. The molecule has 2 heterocycles. The first-order valence-corrected chi connectivity index (χ1v) is 7.80. The Morgan fingerprint density at radius 3 is 2.78 bits per heavy atom. The number of hydrogen-bond acceptors (Lipinski definition) is 5.